The normalized spacial score (nSPS) is 29.5. The van der Waals surface area contributed by atoms with E-state index in [0.29, 0.717) is 18.4 Å². The summed E-state index contributed by atoms with van der Waals surface area (Å²) in [6.45, 7) is 1.53. The summed E-state index contributed by atoms with van der Waals surface area (Å²) in [5.74, 6) is -1.06. The van der Waals surface area contributed by atoms with Crippen LogP contribution in [0.15, 0.2) is 24.3 Å². The number of halogens is 1. The minimum Gasteiger partial charge on any atom is -0.478 e. The van der Waals surface area contributed by atoms with Gasteiger partial charge in [0.1, 0.15) is 5.67 Å². The monoisotopic (exact) mass is 238 g/mol. The highest BCUT2D eigenvalue weighted by Gasteiger charge is 2.44. The van der Waals surface area contributed by atoms with E-state index >= 15 is 0 Å². The molecule has 1 aromatic carbocycles. The summed E-state index contributed by atoms with van der Waals surface area (Å²) in [6, 6.07) is 6.08. The predicted molar refractivity (Wildman–Crippen MR) is 60.6 cm³/mol. The Morgan fingerprint density at radius 3 is 2.35 bits per heavy atom. The van der Waals surface area contributed by atoms with Gasteiger partial charge in [-0.15, -0.1) is 0 Å². The van der Waals surface area contributed by atoms with Crippen LogP contribution in [0.3, 0.4) is 0 Å². The van der Waals surface area contributed by atoms with Gasteiger partial charge in [0.2, 0.25) is 0 Å². The lowest BCUT2D eigenvalue weighted by molar-refractivity contribution is -0.0460. The largest absolute Gasteiger partial charge is 0.478 e. The highest BCUT2D eigenvalue weighted by atomic mass is 19.1. The Kier molecular flexibility index (Phi) is 2.91. The third-order valence-electron chi connectivity index (χ3n) is 3.32. The molecule has 3 nitrogen and oxygen atoms in total. The van der Waals surface area contributed by atoms with E-state index in [2.05, 4.69) is 0 Å². The summed E-state index contributed by atoms with van der Waals surface area (Å²) in [4.78, 5) is 10.7. The molecule has 1 unspecified atom stereocenters. The molecule has 4 heteroatoms. The maximum atomic E-state index is 13.3. The highest BCUT2D eigenvalue weighted by Crippen LogP contribution is 2.46. The third kappa shape index (κ3) is 2.47. The van der Waals surface area contributed by atoms with E-state index in [-0.39, 0.29) is 11.5 Å². The second-order valence-corrected chi connectivity index (χ2v) is 4.95. The number of carboxylic acids is 1. The van der Waals surface area contributed by atoms with Crippen LogP contribution in [0.2, 0.25) is 0 Å². The molecule has 0 radical (unpaired) electrons. The summed E-state index contributed by atoms with van der Waals surface area (Å²) < 4.78 is 13.3. The van der Waals surface area contributed by atoms with Gasteiger partial charge in [-0.2, -0.15) is 0 Å². The lowest BCUT2D eigenvalue weighted by atomic mass is 9.69. The summed E-state index contributed by atoms with van der Waals surface area (Å²) in [7, 11) is 0. The summed E-state index contributed by atoms with van der Waals surface area (Å²) in [6.07, 6.45) is 0.00521. The van der Waals surface area contributed by atoms with Gasteiger partial charge >= 0.3 is 5.97 Å². The van der Waals surface area contributed by atoms with Crippen LogP contribution >= 0.6 is 0 Å². The molecule has 1 atom stereocenters. The standard InChI is InChI=1S/C13H15FO3/c1-13(14)6-10(7-13)11(15)8-2-4-9(5-3-8)12(16)17/h2-5,10-11,15H,6-7H2,1H3,(H,16,17). The number of aromatic carboxylic acids is 1. The van der Waals surface area contributed by atoms with Gasteiger partial charge in [0, 0.05) is 0 Å². The molecule has 0 saturated heterocycles. The van der Waals surface area contributed by atoms with Crippen LogP contribution in [-0.4, -0.2) is 21.9 Å². The van der Waals surface area contributed by atoms with E-state index in [4.69, 9.17) is 5.11 Å². The van der Waals surface area contributed by atoms with Crippen molar-refractivity contribution >= 4 is 5.97 Å². The van der Waals surface area contributed by atoms with E-state index < -0.39 is 17.7 Å². The maximum absolute atomic E-state index is 13.3. The van der Waals surface area contributed by atoms with Gasteiger partial charge in [0.05, 0.1) is 11.7 Å². The number of aliphatic hydroxyl groups excluding tert-OH is 1. The van der Waals surface area contributed by atoms with Crippen LogP contribution in [0, 0.1) is 5.92 Å². The molecule has 0 amide bonds. The van der Waals surface area contributed by atoms with Crippen molar-refractivity contribution in [3.63, 3.8) is 0 Å². The van der Waals surface area contributed by atoms with E-state index in [1.165, 1.54) is 19.1 Å². The zero-order valence-electron chi connectivity index (χ0n) is 9.56. The van der Waals surface area contributed by atoms with E-state index in [0.717, 1.165) is 0 Å². The van der Waals surface area contributed by atoms with Crippen LogP contribution in [0.1, 0.15) is 41.8 Å². The van der Waals surface area contributed by atoms with Crippen molar-refractivity contribution in [2.45, 2.75) is 31.5 Å². The molecule has 2 N–H and O–H groups in total. The Balaban J connectivity index is 2.05. The van der Waals surface area contributed by atoms with Crippen molar-refractivity contribution in [3.8, 4) is 0 Å². The van der Waals surface area contributed by atoms with E-state index in [9.17, 15) is 14.3 Å². The molecule has 17 heavy (non-hydrogen) atoms. The lowest BCUT2D eigenvalue weighted by Gasteiger charge is -2.41. The first-order chi connectivity index (χ1) is 7.89. The Labute approximate surface area is 98.9 Å². The molecular formula is C13H15FO3. The first-order valence-electron chi connectivity index (χ1n) is 5.59. The quantitative estimate of drug-likeness (QED) is 0.850. The zero-order chi connectivity index (χ0) is 12.6. The second-order valence-electron chi connectivity index (χ2n) is 4.95. The topological polar surface area (TPSA) is 57.5 Å². The van der Waals surface area contributed by atoms with Crippen molar-refractivity contribution in [2.24, 2.45) is 5.92 Å². The summed E-state index contributed by atoms with van der Waals surface area (Å²) in [5, 5.41) is 18.7. The number of aliphatic hydroxyl groups is 1. The summed E-state index contributed by atoms with van der Waals surface area (Å²) >= 11 is 0. The minimum atomic E-state index is -1.16. The number of rotatable bonds is 3. The molecule has 1 saturated carbocycles. The average molecular weight is 238 g/mol. The predicted octanol–water partition coefficient (Wildman–Crippen LogP) is 2.56. The Hall–Kier alpha value is -1.42. The van der Waals surface area contributed by atoms with Gasteiger partial charge in [0.15, 0.2) is 0 Å². The Bertz CT molecular complexity index is 417. The van der Waals surface area contributed by atoms with E-state index in [1.54, 1.807) is 12.1 Å². The molecule has 92 valence electrons. The van der Waals surface area contributed by atoms with Gasteiger partial charge in [-0.25, -0.2) is 9.18 Å². The molecule has 0 aliphatic heterocycles. The van der Waals surface area contributed by atoms with Crippen LogP contribution in [0.4, 0.5) is 4.39 Å². The van der Waals surface area contributed by atoms with Crippen molar-refractivity contribution in [1.82, 2.24) is 0 Å². The second kappa shape index (κ2) is 4.11. The number of benzene rings is 1. The van der Waals surface area contributed by atoms with Crippen LogP contribution in [-0.2, 0) is 0 Å². The molecule has 2 rings (SSSR count). The Morgan fingerprint density at radius 2 is 1.94 bits per heavy atom. The molecule has 0 spiro atoms. The van der Waals surface area contributed by atoms with Gasteiger partial charge in [-0.3, -0.25) is 0 Å². The molecule has 0 bridgehead atoms. The van der Waals surface area contributed by atoms with Crippen LogP contribution < -0.4 is 0 Å². The van der Waals surface area contributed by atoms with Crippen LogP contribution in [0.5, 0.6) is 0 Å². The highest BCUT2D eigenvalue weighted by molar-refractivity contribution is 5.87. The molecule has 1 aliphatic carbocycles. The minimum absolute atomic E-state index is 0.0688. The maximum Gasteiger partial charge on any atom is 0.335 e. The van der Waals surface area contributed by atoms with Gasteiger partial charge in [-0.1, -0.05) is 12.1 Å². The molecule has 0 aromatic heterocycles. The number of hydrogen-bond acceptors (Lipinski definition) is 2. The first kappa shape index (κ1) is 12.0. The SMILES string of the molecule is CC1(F)CC(C(O)c2ccc(C(=O)O)cc2)C1. The number of alkyl halides is 1. The van der Waals surface area contributed by atoms with Crippen molar-refractivity contribution in [2.75, 3.05) is 0 Å². The number of hydrogen-bond donors (Lipinski definition) is 2. The fourth-order valence-corrected chi connectivity index (χ4v) is 2.35. The lowest BCUT2D eigenvalue weighted by Crippen LogP contribution is -2.39. The van der Waals surface area contributed by atoms with Crippen molar-refractivity contribution in [3.05, 3.63) is 35.4 Å². The number of carbonyl (C=O) groups is 1. The molecule has 0 heterocycles. The van der Waals surface area contributed by atoms with E-state index in [1.807, 2.05) is 0 Å². The molecule has 1 aliphatic rings. The smallest absolute Gasteiger partial charge is 0.335 e. The third-order valence-corrected chi connectivity index (χ3v) is 3.32. The number of carboxylic acid groups (broad SMARTS) is 1. The van der Waals surface area contributed by atoms with Crippen molar-refractivity contribution in [1.29, 1.82) is 0 Å². The molecule has 1 aromatic rings. The van der Waals surface area contributed by atoms with Gasteiger partial charge < -0.3 is 10.2 Å². The fourth-order valence-electron chi connectivity index (χ4n) is 2.35. The van der Waals surface area contributed by atoms with Gasteiger partial charge in [-0.05, 0) is 43.4 Å². The molecular weight excluding hydrogens is 223 g/mol. The summed E-state index contributed by atoms with van der Waals surface area (Å²) in [5.41, 5.74) is -0.326. The first-order valence-corrected chi connectivity index (χ1v) is 5.59. The van der Waals surface area contributed by atoms with Crippen LogP contribution in [0.25, 0.3) is 0 Å². The van der Waals surface area contributed by atoms with Crippen molar-refractivity contribution < 1.29 is 19.4 Å². The fraction of sp³-hybridized carbons (Fsp3) is 0.462. The zero-order valence-corrected chi connectivity index (χ0v) is 9.56. The van der Waals surface area contributed by atoms with Gasteiger partial charge in [0.25, 0.3) is 0 Å². The average Bonchev–Trinajstić information content (AvgIpc) is 2.25. The molecule has 1 fully saturated rings. The Morgan fingerprint density at radius 1 is 1.41 bits per heavy atom.